The number of benzene rings is 2. The van der Waals surface area contributed by atoms with Gasteiger partial charge >= 0.3 is 5.97 Å². The summed E-state index contributed by atoms with van der Waals surface area (Å²) in [4.78, 5) is 26.3. The van der Waals surface area contributed by atoms with E-state index in [9.17, 15) is 14.9 Å². The number of rotatable bonds is 8. The van der Waals surface area contributed by atoms with Crippen LogP contribution in [0.2, 0.25) is 0 Å². The Morgan fingerprint density at radius 2 is 1.81 bits per heavy atom. The number of ether oxygens (including phenoxy) is 3. The molecule has 7 nitrogen and oxygen atoms in total. The zero-order chi connectivity index (χ0) is 22.2. The van der Waals surface area contributed by atoms with Crippen molar-refractivity contribution >= 4 is 28.9 Å². The highest BCUT2D eigenvalue weighted by Crippen LogP contribution is 2.34. The smallest absolute Gasteiger partial charge is 0.340 e. The monoisotopic (exact) mass is 436 g/mol. The molecule has 31 heavy (non-hydrogen) atoms. The predicted molar refractivity (Wildman–Crippen MR) is 116 cm³/mol. The van der Waals surface area contributed by atoms with Gasteiger partial charge in [0, 0.05) is 22.6 Å². The molecule has 1 aromatic heterocycles. The van der Waals surface area contributed by atoms with Crippen LogP contribution < -0.4 is 14.8 Å². The third-order valence-electron chi connectivity index (χ3n) is 4.43. The molecule has 1 N–H and O–H groups in total. The van der Waals surface area contributed by atoms with E-state index in [1.54, 1.807) is 24.3 Å². The summed E-state index contributed by atoms with van der Waals surface area (Å²) in [6, 6.07) is 15.6. The summed E-state index contributed by atoms with van der Waals surface area (Å²) in [5.41, 5.74) is 1.37. The Labute approximate surface area is 183 Å². The highest BCUT2D eigenvalue weighted by atomic mass is 32.1. The van der Waals surface area contributed by atoms with Gasteiger partial charge < -0.3 is 19.5 Å². The fraction of sp³-hybridized carbons (Fsp3) is 0.174. The lowest BCUT2D eigenvalue weighted by molar-refractivity contribution is -0.115. The van der Waals surface area contributed by atoms with Gasteiger partial charge in [-0.2, -0.15) is 5.26 Å². The zero-order valence-electron chi connectivity index (χ0n) is 17.0. The molecule has 0 spiro atoms. The number of thiophene rings is 1. The summed E-state index contributed by atoms with van der Waals surface area (Å²) in [6.45, 7) is -0.0838. The maximum atomic E-state index is 12.9. The van der Waals surface area contributed by atoms with Gasteiger partial charge in [-0.15, -0.1) is 11.3 Å². The first-order valence-corrected chi connectivity index (χ1v) is 10.2. The van der Waals surface area contributed by atoms with Crippen LogP contribution in [0, 0.1) is 11.3 Å². The van der Waals surface area contributed by atoms with Crippen LogP contribution >= 0.6 is 11.3 Å². The summed E-state index contributed by atoms with van der Waals surface area (Å²) in [5, 5.41) is 13.9. The molecule has 0 aliphatic rings. The summed E-state index contributed by atoms with van der Waals surface area (Å²) < 4.78 is 16.0. The van der Waals surface area contributed by atoms with Gasteiger partial charge in [-0.1, -0.05) is 24.3 Å². The van der Waals surface area contributed by atoms with E-state index in [1.165, 1.54) is 37.7 Å². The van der Waals surface area contributed by atoms with E-state index in [4.69, 9.17) is 14.2 Å². The van der Waals surface area contributed by atoms with Crippen LogP contribution in [0.25, 0.3) is 0 Å². The molecular weight excluding hydrogens is 416 g/mol. The average Bonchev–Trinajstić information content (AvgIpc) is 3.30. The quantitative estimate of drug-likeness (QED) is 0.532. The molecule has 0 atom stereocenters. The van der Waals surface area contributed by atoms with Crippen LogP contribution in [0.5, 0.6) is 11.5 Å². The molecule has 2 aromatic carbocycles. The summed E-state index contributed by atoms with van der Waals surface area (Å²) in [7, 11) is 2.91. The number of nitriles is 1. The summed E-state index contributed by atoms with van der Waals surface area (Å²) in [5.74, 6) is -0.262. The average molecular weight is 436 g/mol. The van der Waals surface area contributed by atoms with E-state index in [1.807, 2.05) is 17.5 Å². The number of nitrogens with zero attached hydrogens (tertiary/aromatic N) is 1. The minimum atomic E-state index is -0.667. The maximum absolute atomic E-state index is 12.9. The van der Waals surface area contributed by atoms with Crippen LogP contribution in [0.4, 0.5) is 5.69 Å². The van der Waals surface area contributed by atoms with Crippen molar-refractivity contribution in [3.8, 4) is 17.6 Å². The van der Waals surface area contributed by atoms with Gasteiger partial charge in [0.2, 0.25) is 5.91 Å². The topological polar surface area (TPSA) is 97.6 Å². The first-order chi connectivity index (χ1) is 15.0. The predicted octanol–water partition coefficient (Wildman–Crippen LogP) is 4.18. The molecule has 8 heteroatoms. The molecule has 3 rings (SSSR count). The standard InChI is InChI=1S/C23H20N2O5S/c1-28-20-11-18(23(27)30-14-16-7-4-3-6-15(16)13-24)19(12-21(20)29-2)25-22(26)10-17-8-5-9-31-17/h3-9,11-12H,10,14H2,1-2H3,(H,25,26). The molecular formula is C23H20N2O5S. The normalized spacial score (nSPS) is 10.1. The number of methoxy groups -OCH3 is 2. The van der Waals surface area contributed by atoms with Crippen molar-refractivity contribution in [3.05, 3.63) is 75.5 Å². The van der Waals surface area contributed by atoms with E-state index in [0.717, 1.165) is 4.88 Å². The van der Waals surface area contributed by atoms with Crippen molar-refractivity contribution in [1.29, 1.82) is 5.26 Å². The van der Waals surface area contributed by atoms with Crippen LogP contribution in [0.15, 0.2) is 53.9 Å². The second kappa shape index (κ2) is 10.3. The van der Waals surface area contributed by atoms with Crippen LogP contribution in [0.1, 0.15) is 26.4 Å². The van der Waals surface area contributed by atoms with Crippen LogP contribution in [0.3, 0.4) is 0 Å². The van der Waals surface area contributed by atoms with E-state index < -0.39 is 5.97 Å². The molecule has 0 fully saturated rings. The lowest BCUT2D eigenvalue weighted by atomic mass is 10.1. The highest BCUT2D eigenvalue weighted by molar-refractivity contribution is 7.10. The van der Waals surface area contributed by atoms with Gasteiger partial charge in [0.25, 0.3) is 0 Å². The third-order valence-corrected chi connectivity index (χ3v) is 5.31. The van der Waals surface area contributed by atoms with Crippen LogP contribution in [-0.2, 0) is 22.6 Å². The number of hydrogen-bond donors (Lipinski definition) is 1. The molecule has 0 radical (unpaired) electrons. The number of esters is 1. The Hall–Kier alpha value is -3.83. The number of hydrogen-bond acceptors (Lipinski definition) is 7. The minimum Gasteiger partial charge on any atom is -0.493 e. The Morgan fingerprint density at radius 1 is 1.06 bits per heavy atom. The van der Waals surface area contributed by atoms with Gasteiger partial charge in [0.05, 0.1) is 43.5 Å². The number of carbonyl (C=O) groups is 2. The lowest BCUT2D eigenvalue weighted by Gasteiger charge is -2.15. The largest absolute Gasteiger partial charge is 0.493 e. The van der Waals surface area contributed by atoms with Crippen molar-refractivity contribution in [2.45, 2.75) is 13.0 Å². The van der Waals surface area contributed by atoms with E-state index in [-0.39, 0.29) is 30.2 Å². The summed E-state index contributed by atoms with van der Waals surface area (Å²) in [6.07, 6.45) is 0.177. The van der Waals surface area contributed by atoms with E-state index >= 15 is 0 Å². The van der Waals surface area contributed by atoms with Gasteiger partial charge in [-0.25, -0.2) is 4.79 Å². The van der Waals surface area contributed by atoms with Gasteiger partial charge in [0.15, 0.2) is 11.5 Å². The molecule has 0 saturated carbocycles. The third kappa shape index (κ3) is 5.41. The van der Waals surface area contributed by atoms with Gasteiger partial charge in [0.1, 0.15) is 6.61 Å². The summed E-state index contributed by atoms with van der Waals surface area (Å²) >= 11 is 1.47. The first-order valence-electron chi connectivity index (χ1n) is 9.29. The lowest BCUT2D eigenvalue weighted by Crippen LogP contribution is -2.17. The Balaban J connectivity index is 1.85. The second-order valence-electron chi connectivity index (χ2n) is 6.40. The van der Waals surface area contributed by atoms with E-state index in [0.29, 0.717) is 22.6 Å². The number of carbonyl (C=O) groups excluding carboxylic acids is 2. The van der Waals surface area contributed by atoms with Crippen molar-refractivity contribution in [2.24, 2.45) is 0 Å². The van der Waals surface area contributed by atoms with Crippen molar-refractivity contribution in [1.82, 2.24) is 0 Å². The van der Waals surface area contributed by atoms with Crippen molar-refractivity contribution < 1.29 is 23.8 Å². The number of anilines is 1. The second-order valence-corrected chi connectivity index (χ2v) is 7.43. The highest BCUT2D eigenvalue weighted by Gasteiger charge is 2.20. The molecule has 158 valence electrons. The first kappa shape index (κ1) is 21.9. The Kier molecular flexibility index (Phi) is 7.25. The van der Waals surface area contributed by atoms with Gasteiger partial charge in [-0.3, -0.25) is 4.79 Å². The Bertz CT molecular complexity index is 1120. The van der Waals surface area contributed by atoms with Crippen molar-refractivity contribution in [2.75, 3.05) is 19.5 Å². The molecule has 1 heterocycles. The zero-order valence-corrected chi connectivity index (χ0v) is 17.8. The maximum Gasteiger partial charge on any atom is 0.340 e. The number of nitrogens with one attached hydrogen (secondary N) is 1. The molecule has 0 unspecified atom stereocenters. The number of amides is 1. The molecule has 0 saturated heterocycles. The van der Waals surface area contributed by atoms with Crippen molar-refractivity contribution in [3.63, 3.8) is 0 Å². The molecule has 0 aliphatic carbocycles. The molecule has 3 aromatic rings. The van der Waals surface area contributed by atoms with E-state index in [2.05, 4.69) is 11.4 Å². The minimum absolute atomic E-state index is 0.0838. The fourth-order valence-corrected chi connectivity index (χ4v) is 3.60. The van der Waals surface area contributed by atoms with Crippen LogP contribution in [-0.4, -0.2) is 26.1 Å². The van der Waals surface area contributed by atoms with Gasteiger partial charge in [-0.05, 0) is 17.5 Å². The molecule has 0 bridgehead atoms. The Morgan fingerprint density at radius 3 is 2.48 bits per heavy atom. The molecule has 1 amide bonds. The SMILES string of the molecule is COc1cc(NC(=O)Cc2cccs2)c(C(=O)OCc2ccccc2C#N)cc1OC. The fourth-order valence-electron chi connectivity index (χ4n) is 2.89. The molecule has 0 aliphatic heterocycles.